The van der Waals surface area contributed by atoms with Gasteiger partial charge < -0.3 is 9.32 Å². The Morgan fingerprint density at radius 1 is 1.26 bits per heavy atom. The lowest BCUT2D eigenvalue weighted by Crippen LogP contribution is -2.28. The molecule has 7 heteroatoms. The third kappa shape index (κ3) is 3.76. The van der Waals surface area contributed by atoms with Crippen molar-refractivity contribution in [1.82, 2.24) is 9.88 Å². The summed E-state index contributed by atoms with van der Waals surface area (Å²) >= 11 is 1.64. The number of rotatable bonds is 6. The Balaban J connectivity index is 1.27. The smallest absolute Gasteiger partial charge is 0.416 e. The minimum atomic E-state index is -4.27. The molecule has 1 aliphatic carbocycles. The van der Waals surface area contributed by atoms with E-state index in [1.54, 1.807) is 23.9 Å². The van der Waals surface area contributed by atoms with Gasteiger partial charge in [0.2, 0.25) is 0 Å². The molecule has 0 amide bonds. The molecule has 0 N–H and O–H groups in total. The highest BCUT2D eigenvalue weighted by molar-refractivity contribution is 7.99. The molecule has 2 fully saturated rings. The second-order valence-electron chi connectivity index (χ2n) is 7.69. The molecular formula is C20H23F3N2OS. The van der Waals surface area contributed by atoms with E-state index in [9.17, 15) is 13.2 Å². The van der Waals surface area contributed by atoms with Crippen molar-refractivity contribution >= 4 is 11.8 Å². The third-order valence-corrected chi connectivity index (χ3v) is 6.77. The van der Waals surface area contributed by atoms with Gasteiger partial charge in [0.1, 0.15) is 5.76 Å². The van der Waals surface area contributed by atoms with Crippen LogP contribution >= 0.6 is 11.8 Å². The van der Waals surface area contributed by atoms with Gasteiger partial charge in [-0.1, -0.05) is 23.9 Å². The van der Waals surface area contributed by atoms with Crippen molar-refractivity contribution in [3.63, 3.8) is 0 Å². The molecule has 0 spiro atoms. The van der Waals surface area contributed by atoms with E-state index in [0.29, 0.717) is 5.92 Å². The number of halogens is 3. The Labute approximate surface area is 161 Å². The lowest BCUT2D eigenvalue weighted by atomic mass is 9.94. The van der Waals surface area contributed by atoms with Gasteiger partial charge in [0.15, 0.2) is 0 Å². The van der Waals surface area contributed by atoms with Crippen LogP contribution in [0.2, 0.25) is 0 Å². The predicted octanol–water partition coefficient (Wildman–Crippen LogP) is 5.07. The van der Waals surface area contributed by atoms with Gasteiger partial charge in [-0.2, -0.15) is 13.2 Å². The first kappa shape index (κ1) is 18.9. The number of piperidine rings is 1. The summed E-state index contributed by atoms with van der Waals surface area (Å²) in [6.45, 7) is 6.86. The van der Waals surface area contributed by atoms with Crippen molar-refractivity contribution in [2.75, 3.05) is 25.4 Å². The fourth-order valence-electron chi connectivity index (χ4n) is 4.15. The third-order valence-electron chi connectivity index (χ3n) is 5.86. The summed E-state index contributed by atoms with van der Waals surface area (Å²) in [5.74, 6) is 2.41. The molecule has 2 aliphatic rings. The summed E-state index contributed by atoms with van der Waals surface area (Å²) in [5.41, 5.74) is 1.51. The van der Waals surface area contributed by atoms with Crippen LogP contribution in [0.5, 0.6) is 0 Å². The number of alkyl halides is 3. The maximum atomic E-state index is 12.8. The Morgan fingerprint density at radius 2 is 2.00 bits per heavy atom. The van der Waals surface area contributed by atoms with Crippen molar-refractivity contribution in [3.8, 4) is 0 Å². The number of aromatic nitrogens is 1. The molecule has 146 valence electrons. The molecule has 1 aliphatic heterocycles. The average molecular weight is 396 g/mol. The number of likely N-dealkylation sites (tertiary alicyclic amines) is 1. The lowest BCUT2D eigenvalue weighted by molar-refractivity contribution is -0.137. The highest BCUT2D eigenvalue weighted by Crippen LogP contribution is 2.59. The Morgan fingerprint density at radius 3 is 2.63 bits per heavy atom. The van der Waals surface area contributed by atoms with Crippen molar-refractivity contribution in [3.05, 3.63) is 46.8 Å². The van der Waals surface area contributed by atoms with Crippen LogP contribution in [0.15, 0.2) is 33.9 Å². The standard InChI is InChI=1S/C20H23F3N2OS/c1-13-14(2)26-18(24-13)27-9-3-8-25-11-17-10-19(17,12-25)15-4-6-16(7-5-15)20(21,22)23/h4-7,17H,3,8-12H2,1-2H3/t17-,19+/m0/s1. The number of fused-ring (bicyclic) bond motifs is 1. The number of hydrogen-bond donors (Lipinski definition) is 0. The fraction of sp³-hybridized carbons (Fsp3) is 0.550. The van der Waals surface area contributed by atoms with Crippen molar-refractivity contribution < 1.29 is 17.6 Å². The number of hydrogen-bond acceptors (Lipinski definition) is 4. The number of oxazole rings is 1. The minimum absolute atomic E-state index is 0.0774. The van der Waals surface area contributed by atoms with Crippen molar-refractivity contribution in [1.29, 1.82) is 0 Å². The predicted molar refractivity (Wildman–Crippen MR) is 99.0 cm³/mol. The number of thioether (sulfide) groups is 1. The highest BCUT2D eigenvalue weighted by atomic mass is 32.2. The molecule has 2 atom stereocenters. The van der Waals surface area contributed by atoms with Gasteiger partial charge in [-0.15, -0.1) is 0 Å². The zero-order chi connectivity index (χ0) is 19.2. The van der Waals surface area contributed by atoms with Gasteiger partial charge in [-0.25, -0.2) is 4.98 Å². The van der Waals surface area contributed by atoms with Crippen molar-refractivity contribution in [2.45, 2.75) is 43.5 Å². The zero-order valence-electron chi connectivity index (χ0n) is 15.5. The molecule has 1 saturated carbocycles. The van der Waals surface area contributed by atoms with Crippen LogP contribution in [0.4, 0.5) is 13.2 Å². The van der Waals surface area contributed by atoms with Gasteiger partial charge in [0.05, 0.1) is 11.3 Å². The van der Waals surface area contributed by atoms with Crippen LogP contribution in [0.1, 0.15) is 35.4 Å². The van der Waals surface area contributed by atoms with Crippen LogP contribution < -0.4 is 0 Å². The summed E-state index contributed by atoms with van der Waals surface area (Å²) in [6, 6.07) is 5.79. The largest absolute Gasteiger partial charge is 0.437 e. The molecule has 4 rings (SSSR count). The summed E-state index contributed by atoms with van der Waals surface area (Å²) in [4.78, 5) is 6.82. The van der Waals surface area contributed by atoms with Crippen LogP contribution in [0, 0.1) is 19.8 Å². The molecule has 0 unspecified atom stereocenters. The highest BCUT2D eigenvalue weighted by Gasteiger charge is 2.60. The maximum absolute atomic E-state index is 12.8. The van der Waals surface area contributed by atoms with E-state index in [0.717, 1.165) is 60.5 Å². The quantitative estimate of drug-likeness (QED) is 0.504. The molecule has 2 heterocycles. The number of nitrogens with zero attached hydrogens (tertiary/aromatic N) is 2. The van der Waals surface area contributed by atoms with Crippen molar-refractivity contribution in [2.24, 2.45) is 5.92 Å². The topological polar surface area (TPSA) is 29.3 Å². The molecule has 1 saturated heterocycles. The molecule has 1 aromatic heterocycles. The molecule has 0 radical (unpaired) electrons. The fourth-order valence-corrected chi connectivity index (χ4v) is 4.98. The Kier molecular flexibility index (Phi) is 4.79. The van der Waals surface area contributed by atoms with E-state index in [1.165, 1.54) is 12.1 Å². The molecule has 2 aromatic rings. The number of benzene rings is 1. The summed E-state index contributed by atoms with van der Waals surface area (Å²) in [5, 5.41) is 0.732. The van der Waals surface area contributed by atoms with Gasteiger partial charge in [-0.3, -0.25) is 0 Å². The Hall–Kier alpha value is -1.47. The van der Waals surface area contributed by atoms with E-state index >= 15 is 0 Å². The first-order valence-corrected chi connectivity index (χ1v) is 10.2. The van der Waals surface area contributed by atoms with Crippen LogP contribution in [-0.2, 0) is 11.6 Å². The Bertz CT molecular complexity index is 798. The van der Waals surface area contributed by atoms with Gasteiger partial charge in [0.25, 0.3) is 5.22 Å². The van der Waals surface area contributed by atoms with Crippen LogP contribution in [-0.4, -0.2) is 35.3 Å². The first-order valence-electron chi connectivity index (χ1n) is 9.25. The van der Waals surface area contributed by atoms with E-state index in [1.807, 2.05) is 13.8 Å². The first-order chi connectivity index (χ1) is 12.8. The van der Waals surface area contributed by atoms with Crippen LogP contribution in [0.25, 0.3) is 0 Å². The normalized spacial score (nSPS) is 25.0. The lowest BCUT2D eigenvalue weighted by Gasteiger charge is -2.21. The van der Waals surface area contributed by atoms with Gasteiger partial charge >= 0.3 is 6.18 Å². The summed E-state index contributed by atoms with van der Waals surface area (Å²) in [6.07, 6.45) is -2.13. The average Bonchev–Trinajstić information content (AvgIpc) is 3.03. The zero-order valence-corrected chi connectivity index (χ0v) is 16.3. The van der Waals surface area contributed by atoms with E-state index < -0.39 is 11.7 Å². The minimum Gasteiger partial charge on any atom is -0.437 e. The van der Waals surface area contributed by atoms with E-state index in [-0.39, 0.29) is 5.41 Å². The van der Waals surface area contributed by atoms with Crippen LogP contribution in [0.3, 0.4) is 0 Å². The monoisotopic (exact) mass is 396 g/mol. The van der Waals surface area contributed by atoms with E-state index in [4.69, 9.17) is 4.42 Å². The molecule has 27 heavy (non-hydrogen) atoms. The maximum Gasteiger partial charge on any atom is 0.416 e. The van der Waals surface area contributed by atoms with Gasteiger partial charge in [-0.05, 0) is 56.8 Å². The summed E-state index contributed by atoms with van der Waals surface area (Å²) in [7, 11) is 0. The number of aryl methyl sites for hydroxylation is 2. The SMILES string of the molecule is Cc1nc(SCCCN2C[C@@H]3C[C@]3(c3ccc(C(F)(F)F)cc3)C2)oc1C. The molecule has 3 nitrogen and oxygen atoms in total. The second-order valence-corrected chi connectivity index (χ2v) is 8.74. The molecular weight excluding hydrogens is 373 g/mol. The summed E-state index contributed by atoms with van der Waals surface area (Å²) < 4.78 is 43.9. The van der Waals surface area contributed by atoms with Gasteiger partial charge in [0, 0.05) is 24.3 Å². The second kappa shape index (κ2) is 6.85. The molecule has 1 aromatic carbocycles. The van der Waals surface area contributed by atoms with E-state index in [2.05, 4.69) is 9.88 Å². The molecule has 0 bridgehead atoms.